The molecule has 0 fully saturated rings. The van der Waals surface area contributed by atoms with Gasteiger partial charge in [-0.1, -0.05) is 23.8 Å². The molecular formula is C17H18N2O3. The number of carbonyl (C=O) groups excluding carboxylic acids is 1. The zero-order valence-electron chi connectivity index (χ0n) is 12.8. The number of nitrogens with one attached hydrogen (secondary N) is 1. The molecule has 0 aromatic heterocycles. The van der Waals surface area contributed by atoms with Crippen LogP contribution in [0.2, 0.25) is 0 Å². The molecule has 2 aromatic rings. The van der Waals surface area contributed by atoms with Crippen molar-refractivity contribution in [3.05, 3.63) is 74.8 Å². The molecule has 0 aliphatic rings. The predicted molar refractivity (Wildman–Crippen MR) is 84.9 cm³/mol. The predicted octanol–water partition coefficient (Wildman–Crippen LogP) is 3.70. The number of amides is 1. The van der Waals surface area contributed by atoms with Crippen LogP contribution in [0, 0.1) is 24.0 Å². The summed E-state index contributed by atoms with van der Waals surface area (Å²) in [5, 5.41) is 13.5. The van der Waals surface area contributed by atoms with Gasteiger partial charge in [-0.05, 0) is 44.0 Å². The molecule has 0 saturated carbocycles. The first-order valence-electron chi connectivity index (χ1n) is 7.01. The van der Waals surface area contributed by atoms with Crippen LogP contribution in [0.5, 0.6) is 0 Å². The van der Waals surface area contributed by atoms with Gasteiger partial charge in [-0.15, -0.1) is 0 Å². The largest absolute Gasteiger partial charge is 0.346 e. The molecule has 0 aliphatic heterocycles. The van der Waals surface area contributed by atoms with Gasteiger partial charge in [0, 0.05) is 17.7 Å². The Morgan fingerprint density at radius 1 is 1.14 bits per heavy atom. The van der Waals surface area contributed by atoms with Gasteiger partial charge in [0.05, 0.1) is 11.0 Å². The third-order valence-corrected chi connectivity index (χ3v) is 3.59. The molecule has 1 amide bonds. The van der Waals surface area contributed by atoms with Crippen LogP contribution in [-0.4, -0.2) is 10.8 Å². The molecule has 114 valence electrons. The first-order chi connectivity index (χ1) is 10.4. The van der Waals surface area contributed by atoms with Crippen LogP contribution in [-0.2, 0) is 0 Å². The summed E-state index contributed by atoms with van der Waals surface area (Å²) in [5.41, 5.74) is 3.69. The molecule has 0 bridgehead atoms. The van der Waals surface area contributed by atoms with Crippen molar-refractivity contribution in [2.45, 2.75) is 26.8 Å². The van der Waals surface area contributed by atoms with Gasteiger partial charge in [0.1, 0.15) is 0 Å². The van der Waals surface area contributed by atoms with Crippen molar-refractivity contribution in [2.24, 2.45) is 0 Å². The number of aryl methyl sites for hydroxylation is 2. The molecule has 0 heterocycles. The molecule has 0 unspecified atom stereocenters. The van der Waals surface area contributed by atoms with Gasteiger partial charge in [0.25, 0.3) is 11.6 Å². The molecule has 0 saturated heterocycles. The normalized spacial score (nSPS) is 11.8. The summed E-state index contributed by atoms with van der Waals surface area (Å²) >= 11 is 0. The summed E-state index contributed by atoms with van der Waals surface area (Å²) < 4.78 is 0. The molecular weight excluding hydrogens is 280 g/mol. The number of hydrogen-bond acceptors (Lipinski definition) is 3. The highest BCUT2D eigenvalue weighted by Crippen LogP contribution is 2.20. The Hall–Kier alpha value is -2.69. The van der Waals surface area contributed by atoms with Crippen LogP contribution in [0.25, 0.3) is 0 Å². The number of benzene rings is 2. The maximum absolute atomic E-state index is 12.2. The van der Waals surface area contributed by atoms with E-state index < -0.39 is 4.92 Å². The summed E-state index contributed by atoms with van der Waals surface area (Å²) in [5.74, 6) is -0.247. The number of hydrogen-bond donors (Lipinski definition) is 1. The lowest BCUT2D eigenvalue weighted by atomic mass is 9.99. The van der Waals surface area contributed by atoms with Gasteiger partial charge in [0.2, 0.25) is 0 Å². The second-order valence-electron chi connectivity index (χ2n) is 5.36. The van der Waals surface area contributed by atoms with E-state index in [-0.39, 0.29) is 17.6 Å². The summed E-state index contributed by atoms with van der Waals surface area (Å²) in [6.07, 6.45) is 0. The highest BCUT2D eigenvalue weighted by atomic mass is 16.6. The molecule has 0 aliphatic carbocycles. The zero-order valence-corrected chi connectivity index (χ0v) is 12.8. The Balaban J connectivity index is 2.14. The first-order valence-corrected chi connectivity index (χ1v) is 7.01. The molecule has 22 heavy (non-hydrogen) atoms. The van der Waals surface area contributed by atoms with Gasteiger partial charge >= 0.3 is 0 Å². The third kappa shape index (κ3) is 3.49. The van der Waals surface area contributed by atoms with E-state index in [2.05, 4.69) is 11.4 Å². The Labute approximate surface area is 129 Å². The third-order valence-electron chi connectivity index (χ3n) is 3.59. The molecule has 2 rings (SSSR count). The second-order valence-corrected chi connectivity index (χ2v) is 5.36. The second kappa shape index (κ2) is 6.39. The molecule has 5 heteroatoms. The molecule has 0 radical (unpaired) electrons. The number of rotatable bonds is 4. The van der Waals surface area contributed by atoms with Crippen molar-refractivity contribution in [1.29, 1.82) is 0 Å². The zero-order chi connectivity index (χ0) is 16.3. The molecule has 1 atom stereocenters. The molecule has 5 nitrogen and oxygen atoms in total. The lowest BCUT2D eigenvalue weighted by Gasteiger charge is -2.17. The van der Waals surface area contributed by atoms with Crippen molar-refractivity contribution >= 4 is 11.6 Å². The highest BCUT2D eigenvalue weighted by Gasteiger charge is 2.14. The Morgan fingerprint density at radius 2 is 1.77 bits per heavy atom. The Morgan fingerprint density at radius 3 is 2.36 bits per heavy atom. The van der Waals surface area contributed by atoms with Crippen LogP contribution >= 0.6 is 0 Å². The smallest absolute Gasteiger partial charge is 0.269 e. The number of non-ortho nitro benzene ring substituents is 1. The maximum atomic E-state index is 12.2. The molecule has 1 N–H and O–H groups in total. The molecule has 0 spiro atoms. The summed E-state index contributed by atoms with van der Waals surface area (Å²) in [7, 11) is 0. The number of carbonyl (C=O) groups is 1. The molecule has 2 aromatic carbocycles. The van der Waals surface area contributed by atoms with Crippen molar-refractivity contribution in [2.75, 3.05) is 0 Å². The van der Waals surface area contributed by atoms with Gasteiger partial charge in [-0.2, -0.15) is 0 Å². The minimum atomic E-state index is -0.486. The quantitative estimate of drug-likeness (QED) is 0.691. The van der Waals surface area contributed by atoms with Crippen LogP contribution in [0.15, 0.2) is 42.5 Å². The maximum Gasteiger partial charge on any atom is 0.269 e. The van der Waals surface area contributed by atoms with Crippen LogP contribution in [0.4, 0.5) is 5.69 Å². The fourth-order valence-corrected chi connectivity index (χ4v) is 2.32. The van der Waals surface area contributed by atoms with Crippen molar-refractivity contribution in [1.82, 2.24) is 5.32 Å². The SMILES string of the molecule is Cc1ccc(C)c([C@H](C)NC(=O)c2ccc([N+](=O)[O-])cc2)c1. The average molecular weight is 298 g/mol. The fraction of sp³-hybridized carbons (Fsp3) is 0.235. The lowest BCUT2D eigenvalue weighted by molar-refractivity contribution is -0.384. The number of nitro groups is 1. The minimum absolute atomic E-state index is 0.0286. The lowest BCUT2D eigenvalue weighted by Crippen LogP contribution is -2.27. The number of nitrogens with zero attached hydrogens (tertiary/aromatic N) is 1. The van der Waals surface area contributed by atoms with Gasteiger partial charge < -0.3 is 5.32 Å². The topological polar surface area (TPSA) is 72.2 Å². The van der Waals surface area contributed by atoms with E-state index in [9.17, 15) is 14.9 Å². The summed E-state index contributed by atoms with van der Waals surface area (Å²) in [6.45, 7) is 5.93. The van der Waals surface area contributed by atoms with Crippen LogP contribution in [0.1, 0.15) is 40.0 Å². The monoisotopic (exact) mass is 298 g/mol. The van der Waals surface area contributed by atoms with E-state index >= 15 is 0 Å². The van der Waals surface area contributed by atoms with Crippen LogP contribution in [0.3, 0.4) is 0 Å². The van der Waals surface area contributed by atoms with E-state index in [1.165, 1.54) is 24.3 Å². The van der Waals surface area contributed by atoms with E-state index in [0.717, 1.165) is 16.7 Å². The van der Waals surface area contributed by atoms with E-state index in [4.69, 9.17) is 0 Å². The van der Waals surface area contributed by atoms with Gasteiger partial charge in [-0.25, -0.2) is 0 Å². The summed E-state index contributed by atoms with van der Waals surface area (Å²) in [4.78, 5) is 22.4. The van der Waals surface area contributed by atoms with Gasteiger partial charge in [-0.3, -0.25) is 14.9 Å². The number of nitro benzene ring substituents is 1. The van der Waals surface area contributed by atoms with Gasteiger partial charge in [0.15, 0.2) is 0 Å². The standard InChI is InChI=1S/C17H18N2O3/c1-11-4-5-12(2)16(10-11)13(3)18-17(20)14-6-8-15(9-7-14)19(21)22/h4-10,13H,1-3H3,(H,18,20)/t13-/m0/s1. The minimum Gasteiger partial charge on any atom is -0.346 e. The van der Waals surface area contributed by atoms with E-state index in [0.29, 0.717) is 5.56 Å². The average Bonchev–Trinajstić information content (AvgIpc) is 2.49. The van der Waals surface area contributed by atoms with Crippen LogP contribution < -0.4 is 5.32 Å². The van der Waals surface area contributed by atoms with E-state index in [1.807, 2.05) is 32.9 Å². The van der Waals surface area contributed by atoms with E-state index in [1.54, 1.807) is 0 Å². The van der Waals surface area contributed by atoms with Crippen molar-refractivity contribution in [3.8, 4) is 0 Å². The Kier molecular flexibility index (Phi) is 4.56. The fourth-order valence-electron chi connectivity index (χ4n) is 2.32. The Bertz CT molecular complexity index is 708. The van der Waals surface area contributed by atoms with Crippen molar-refractivity contribution in [3.63, 3.8) is 0 Å². The summed E-state index contributed by atoms with van der Waals surface area (Å²) in [6, 6.07) is 11.6. The highest BCUT2D eigenvalue weighted by molar-refractivity contribution is 5.94. The first kappa shape index (κ1) is 15.7. The van der Waals surface area contributed by atoms with Crippen molar-refractivity contribution < 1.29 is 9.72 Å².